The van der Waals surface area contributed by atoms with E-state index in [1.807, 2.05) is 73.1 Å². The van der Waals surface area contributed by atoms with E-state index in [1.54, 1.807) is 6.20 Å². The minimum absolute atomic E-state index is 0. The van der Waals surface area contributed by atoms with Crippen LogP contribution in [0.1, 0.15) is 11.1 Å². The van der Waals surface area contributed by atoms with E-state index < -0.39 is 8.07 Å². The van der Waals surface area contributed by atoms with Crippen molar-refractivity contribution in [2.24, 2.45) is 0 Å². The minimum atomic E-state index is -1.31. The second kappa shape index (κ2) is 12.2. The molecule has 5 rings (SSSR count). The zero-order valence-corrected chi connectivity index (χ0v) is 24.8. The van der Waals surface area contributed by atoms with Crippen LogP contribution in [0.4, 0.5) is 0 Å². The maximum absolute atomic E-state index is 4.56. The molecule has 0 spiro atoms. The van der Waals surface area contributed by atoms with Gasteiger partial charge in [0.1, 0.15) is 0 Å². The Morgan fingerprint density at radius 2 is 1.33 bits per heavy atom. The third kappa shape index (κ3) is 6.55. The van der Waals surface area contributed by atoms with Crippen LogP contribution in [-0.4, -0.2) is 22.6 Å². The van der Waals surface area contributed by atoms with Crippen molar-refractivity contribution in [3.05, 3.63) is 121 Å². The number of hydrogen-bond donors (Lipinski definition) is 0. The molecule has 2 heterocycles. The average molecular weight is 666 g/mol. The van der Waals surface area contributed by atoms with Crippen molar-refractivity contribution in [1.29, 1.82) is 0 Å². The molecule has 0 aliphatic carbocycles. The minimum Gasteiger partial charge on any atom is -0.340 e. The second-order valence-corrected chi connectivity index (χ2v) is 14.7. The number of pyridine rings is 1. The number of rotatable bonds is 4. The van der Waals surface area contributed by atoms with Crippen LogP contribution in [0.3, 0.4) is 0 Å². The molecule has 3 nitrogen and oxygen atoms in total. The van der Waals surface area contributed by atoms with E-state index in [0.29, 0.717) is 0 Å². The van der Waals surface area contributed by atoms with Crippen LogP contribution in [0.15, 0.2) is 97.5 Å². The van der Waals surface area contributed by atoms with Crippen molar-refractivity contribution >= 4 is 13.3 Å². The monoisotopic (exact) mass is 666 g/mol. The Balaban J connectivity index is 0.000000234. The summed E-state index contributed by atoms with van der Waals surface area (Å²) in [4.78, 5) is 8.77. The number of nitrogens with zero attached hydrogens (tertiary/aromatic N) is 3. The van der Waals surface area contributed by atoms with Gasteiger partial charge in [0.2, 0.25) is 0 Å². The summed E-state index contributed by atoms with van der Waals surface area (Å²) in [6.07, 6.45) is 5.69. The Morgan fingerprint density at radius 1 is 0.722 bits per heavy atom. The molecule has 0 fully saturated rings. The fourth-order valence-electron chi connectivity index (χ4n) is 4.06. The van der Waals surface area contributed by atoms with E-state index in [1.165, 1.54) is 22.0 Å². The first-order valence-corrected chi connectivity index (χ1v) is 15.4. The normalized spacial score (nSPS) is 10.7. The molecular weight excluding hydrogens is 635 g/mol. The SMILES string of the molecule is Cc1cc([Si](C)(C)C)cc(C)c1-n1ccnc1-c1[c-]cccc1.[Ir].[c-]1ccccc1-c1ccccn1. The van der Waals surface area contributed by atoms with Gasteiger partial charge < -0.3 is 9.55 Å². The third-order valence-electron chi connectivity index (χ3n) is 5.84. The van der Waals surface area contributed by atoms with Gasteiger partial charge in [-0.1, -0.05) is 49.1 Å². The number of aromatic nitrogens is 3. The predicted molar refractivity (Wildman–Crippen MR) is 149 cm³/mol. The van der Waals surface area contributed by atoms with Gasteiger partial charge in [-0.05, 0) is 36.7 Å². The van der Waals surface area contributed by atoms with Gasteiger partial charge in [0.25, 0.3) is 0 Å². The van der Waals surface area contributed by atoms with Crippen molar-refractivity contribution in [3.8, 4) is 28.3 Å². The molecule has 2 aromatic heterocycles. The quantitative estimate of drug-likeness (QED) is 0.152. The Bertz CT molecular complexity index is 1320. The molecule has 0 unspecified atom stereocenters. The van der Waals surface area contributed by atoms with Crippen LogP contribution >= 0.6 is 0 Å². The maximum atomic E-state index is 4.56. The predicted octanol–water partition coefficient (Wildman–Crippen LogP) is 7.05. The number of imidazole rings is 1. The number of benzene rings is 3. The topological polar surface area (TPSA) is 30.7 Å². The summed E-state index contributed by atoms with van der Waals surface area (Å²) < 4.78 is 2.19. The largest absolute Gasteiger partial charge is 0.340 e. The van der Waals surface area contributed by atoms with Gasteiger partial charge >= 0.3 is 0 Å². The van der Waals surface area contributed by atoms with E-state index in [4.69, 9.17) is 0 Å². The molecule has 3 aromatic carbocycles. The third-order valence-corrected chi connectivity index (χ3v) is 7.86. The van der Waals surface area contributed by atoms with Gasteiger partial charge in [0, 0.05) is 44.4 Å². The Morgan fingerprint density at radius 3 is 1.86 bits per heavy atom. The molecule has 0 N–H and O–H groups in total. The van der Waals surface area contributed by atoms with E-state index in [2.05, 4.69) is 78.4 Å². The summed E-state index contributed by atoms with van der Waals surface area (Å²) in [6.45, 7) is 11.6. The first-order valence-electron chi connectivity index (χ1n) is 11.9. The van der Waals surface area contributed by atoms with Crippen molar-refractivity contribution in [1.82, 2.24) is 14.5 Å². The first kappa shape index (κ1) is 27.5. The van der Waals surface area contributed by atoms with Crippen LogP contribution in [-0.2, 0) is 20.1 Å². The van der Waals surface area contributed by atoms with Crippen LogP contribution in [0, 0.1) is 26.0 Å². The van der Waals surface area contributed by atoms with Gasteiger partial charge in [0.05, 0.1) is 13.9 Å². The average Bonchev–Trinajstić information content (AvgIpc) is 3.34. The summed E-state index contributed by atoms with van der Waals surface area (Å²) in [5.41, 5.74) is 6.87. The van der Waals surface area contributed by atoms with Gasteiger partial charge in [0.15, 0.2) is 0 Å². The molecule has 0 saturated heterocycles. The first-order chi connectivity index (χ1) is 16.8. The Hall–Kier alpha value is -3.11. The van der Waals surface area contributed by atoms with E-state index in [9.17, 15) is 0 Å². The van der Waals surface area contributed by atoms with Gasteiger partial charge in [-0.15, -0.1) is 71.8 Å². The summed E-state index contributed by atoms with van der Waals surface area (Å²) in [6, 6.07) is 32.8. The molecule has 1 radical (unpaired) electrons. The van der Waals surface area contributed by atoms with Crippen molar-refractivity contribution < 1.29 is 20.1 Å². The number of hydrogen-bond acceptors (Lipinski definition) is 2. The molecule has 0 bridgehead atoms. The van der Waals surface area contributed by atoms with Crippen molar-refractivity contribution in [2.75, 3.05) is 0 Å². The molecule has 0 amide bonds. The zero-order valence-electron chi connectivity index (χ0n) is 21.4. The van der Waals surface area contributed by atoms with Crippen LogP contribution in [0.5, 0.6) is 0 Å². The molecule has 185 valence electrons. The molecule has 0 saturated carbocycles. The Labute approximate surface area is 229 Å². The molecule has 0 atom stereocenters. The second-order valence-electron chi connectivity index (χ2n) is 9.60. The summed E-state index contributed by atoms with van der Waals surface area (Å²) in [5.74, 6) is 0.942. The van der Waals surface area contributed by atoms with Crippen molar-refractivity contribution in [2.45, 2.75) is 33.5 Å². The smallest absolute Gasteiger partial charge is 0.0776 e. The van der Waals surface area contributed by atoms with Crippen LogP contribution < -0.4 is 5.19 Å². The molecule has 5 aromatic rings. The maximum Gasteiger partial charge on any atom is 0.0776 e. The van der Waals surface area contributed by atoms with Crippen LogP contribution in [0.25, 0.3) is 28.3 Å². The fourth-order valence-corrected chi connectivity index (χ4v) is 5.36. The zero-order chi connectivity index (χ0) is 24.8. The fraction of sp³-hybridized carbons (Fsp3) is 0.161. The molecule has 0 aliphatic heterocycles. The van der Waals surface area contributed by atoms with Gasteiger partial charge in [-0.3, -0.25) is 4.98 Å². The summed E-state index contributed by atoms with van der Waals surface area (Å²) in [7, 11) is -1.31. The standard InChI is InChI=1S/C20H23N2Si.C11H8N.Ir/c1-15-13-18(23(3,4)5)14-16(2)19(15)22-12-11-21-20(22)17-9-7-6-8-10-17;1-2-6-10(7-3-1)11-8-4-5-9-12-11;/h6-9,11-14H,1-5H3;1-6,8-9H;/q2*-1;. The van der Waals surface area contributed by atoms with Crippen LogP contribution in [0.2, 0.25) is 19.6 Å². The van der Waals surface area contributed by atoms with Gasteiger partial charge in [-0.2, -0.15) is 0 Å². The summed E-state index contributed by atoms with van der Waals surface area (Å²) in [5, 5.41) is 1.50. The number of aryl methyl sites for hydroxylation is 2. The molecule has 0 aliphatic rings. The van der Waals surface area contributed by atoms with E-state index in [0.717, 1.165) is 22.6 Å². The Kier molecular flexibility index (Phi) is 9.33. The molecular formula is C31H31IrN3Si-2. The van der Waals surface area contributed by atoms with Gasteiger partial charge in [-0.25, -0.2) is 0 Å². The molecule has 36 heavy (non-hydrogen) atoms. The van der Waals surface area contributed by atoms with E-state index in [-0.39, 0.29) is 20.1 Å². The summed E-state index contributed by atoms with van der Waals surface area (Å²) >= 11 is 0. The van der Waals surface area contributed by atoms with Crippen molar-refractivity contribution in [3.63, 3.8) is 0 Å². The molecule has 5 heteroatoms. The van der Waals surface area contributed by atoms with E-state index >= 15 is 0 Å².